The minimum Gasteiger partial charge on any atom is -0.383 e. The second kappa shape index (κ2) is 11.2. The van der Waals surface area contributed by atoms with Crippen molar-refractivity contribution in [1.29, 1.82) is 0 Å². The Bertz CT molecular complexity index is 1360. The van der Waals surface area contributed by atoms with E-state index >= 15 is 0 Å². The Hall–Kier alpha value is -3.54. The minimum absolute atomic E-state index is 0.0650. The average Bonchev–Trinajstić information content (AvgIpc) is 2.86. The highest BCUT2D eigenvalue weighted by molar-refractivity contribution is 6.32. The van der Waals surface area contributed by atoms with Crippen molar-refractivity contribution in [3.63, 3.8) is 0 Å². The second-order valence-corrected chi connectivity index (χ2v) is 9.56. The van der Waals surface area contributed by atoms with Crippen LogP contribution in [0, 0.1) is 17.8 Å². The summed E-state index contributed by atoms with van der Waals surface area (Å²) in [5.74, 6) is 5.64. The topological polar surface area (TPSA) is 71.2 Å². The highest BCUT2D eigenvalue weighted by Gasteiger charge is 2.34. The number of aromatic nitrogens is 1. The number of carbonyl (C=O) groups excluding carboxylic acids is 1. The average molecular weight is 527 g/mol. The lowest BCUT2D eigenvalue weighted by atomic mass is 9.88. The third kappa shape index (κ3) is 6.82. The van der Waals surface area contributed by atoms with Gasteiger partial charge in [0.25, 0.3) is 5.91 Å². The molecule has 5 nitrogen and oxygen atoms in total. The Morgan fingerprint density at radius 2 is 1.86 bits per heavy atom. The highest BCUT2D eigenvalue weighted by atomic mass is 35.5. The van der Waals surface area contributed by atoms with E-state index in [1.54, 1.807) is 18.3 Å². The molecular formula is C28H26ClF3N4O. The first-order chi connectivity index (χ1) is 17.6. The molecule has 1 amide bonds. The van der Waals surface area contributed by atoms with Gasteiger partial charge in [0.2, 0.25) is 0 Å². The van der Waals surface area contributed by atoms with Crippen molar-refractivity contribution in [2.75, 3.05) is 31.2 Å². The molecular weight excluding hydrogens is 501 g/mol. The molecule has 2 heterocycles. The molecule has 2 aromatic carbocycles. The van der Waals surface area contributed by atoms with Gasteiger partial charge in [-0.15, -0.1) is 0 Å². The van der Waals surface area contributed by atoms with Gasteiger partial charge in [0.05, 0.1) is 16.1 Å². The highest BCUT2D eigenvalue weighted by Crippen LogP contribution is 2.36. The Morgan fingerprint density at radius 3 is 2.57 bits per heavy atom. The molecule has 0 atom stereocenters. The lowest BCUT2D eigenvalue weighted by Crippen LogP contribution is -2.31. The summed E-state index contributed by atoms with van der Waals surface area (Å²) in [6, 6.07) is 11.9. The molecule has 1 aliphatic heterocycles. The van der Waals surface area contributed by atoms with Crippen LogP contribution < -0.4 is 11.1 Å². The minimum atomic E-state index is -4.53. The lowest BCUT2D eigenvalue weighted by Gasteiger charge is -2.29. The van der Waals surface area contributed by atoms with E-state index < -0.39 is 17.6 Å². The van der Waals surface area contributed by atoms with Crippen LogP contribution in [-0.2, 0) is 12.6 Å². The number of nitrogens with two attached hydrogens (primary N) is 1. The van der Waals surface area contributed by atoms with Crippen LogP contribution in [-0.4, -0.2) is 35.9 Å². The van der Waals surface area contributed by atoms with Gasteiger partial charge in [0.1, 0.15) is 5.82 Å². The fraction of sp³-hybridized carbons (Fsp3) is 0.286. The molecule has 0 aliphatic carbocycles. The Morgan fingerprint density at radius 1 is 1.14 bits per heavy atom. The van der Waals surface area contributed by atoms with Crippen molar-refractivity contribution in [3.8, 4) is 11.8 Å². The number of hydrogen-bond donors (Lipinski definition) is 2. The number of amides is 1. The van der Waals surface area contributed by atoms with Crippen molar-refractivity contribution in [2.24, 2.45) is 5.92 Å². The predicted molar refractivity (Wildman–Crippen MR) is 139 cm³/mol. The molecule has 4 rings (SSSR count). The van der Waals surface area contributed by atoms with Gasteiger partial charge >= 0.3 is 6.18 Å². The van der Waals surface area contributed by atoms with Crippen LogP contribution in [0.25, 0.3) is 0 Å². The molecule has 0 spiro atoms. The number of hydrogen-bond acceptors (Lipinski definition) is 4. The number of nitrogen functional groups attached to an aromatic ring is 1. The number of piperidine rings is 1. The molecule has 0 bridgehead atoms. The number of alkyl halides is 3. The van der Waals surface area contributed by atoms with E-state index in [1.165, 1.54) is 30.3 Å². The molecule has 0 radical (unpaired) electrons. The maximum atomic E-state index is 13.9. The molecule has 3 N–H and O–H groups in total. The van der Waals surface area contributed by atoms with Gasteiger partial charge in [-0.1, -0.05) is 29.5 Å². The normalized spacial score (nSPS) is 14.6. The molecule has 9 heteroatoms. The largest absolute Gasteiger partial charge is 0.416 e. The first kappa shape index (κ1) is 26.5. The quantitative estimate of drug-likeness (QED) is 0.417. The van der Waals surface area contributed by atoms with Gasteiger partial charge < -0.3 is 16.0 Å². The molecule has 3 aromatic rings. The molecule has 1 aromatic heterocycles. The maximum Gasteiger partial charge on any atom is 0.416 e. The summed E-state index contributed by atoms with van der Waals surface area (Å²) >= 11 is 6.23. The third-order valence-corrected chi connectivity index (χ3v) is 6.75. The monoisotopic (exact) mass is 526 g/mol. The zero-order valence-electron chi connectivity index (χ0n) is 20.2. The smallest absolute Gasteiger partial charge is 0.383 e. The van der Waals surface area contributed by atoms with Gasteiger partial charge in [0, 0.05) is 23.0 Å². The molecule has 1 saturated heterocycles. The number of nitrogens with one attached hydrogen (secondary N) is 1. The van der Waals surface area contributed by atoms with E-state index in [-0.39, 0.29) is 28.6 Å². The zero-order valence-corrected chi connectivity index (χ0v) is 21.0. The molecule has 1 fully saturated rings. The van der Waals surface area contributed by atoms with Crippen LogP contribution in [0.3, 0.4) is 0 Å². The van der Waals surface area contributed by atoms with Crippen molar-refractivity contribution in [3.05, 3.63) is 87.6 Å². The van der Waals surface area contributed by atoms with Crippen LogP contribution in [0.5, 0.6) is 0 Å². The number of carbonyl (C=O) groups is 1. The van der Waals surface area contributed by atoms with Crippen molar-refractivity contribution < 1.29 is 18.0 Å². The molecule has 0 unspecified atom stereocenters. The summed E-state index contributed by atoms with van der Waals surface area (Å²) in [6.45, 7) is 1.76. The second-order valence-electron chi connectivity index (χ2n) is 9.16. The molecule has 1 aliphatic rings. The Kier molecular flexibility index (Phi) is 8.06. The van der Waals surface area contributed by atoms with E-state index in [4.69, 9.17) is 17.3 Å². The summed E-state index contributed by atoms with van der Waals surface area (Å²) in [5, 5.41) is 2.89. The molecule has 192 valence electrons. The zero-order chi connectivity index (χ0) is 26.6. The summed E-state index contributed by atoms with van der Waals surface area (Å²) in [4.78, 5) is 19.0. The van der Waals surface area contributed by atoms with E-state index in [0.717, 1.165) is 32.0 Å². The maximum absolute atomic E-state index is 13.9. The predicted octanol–water partition coefficient (Wildman–Crippen LogP) is 5.87. The number of rotatable bonds is 4. The summed E-state index contributed by atoms with van der Waals surface area (Å²) < 4.78 is 41.7. The number of likely N-dealkylation sites (tertiary alicyclic amines) is 1. The van der Waals surface area contributed by atoms with Crippen LogP contribution >= 0.6 is 11.6 Å². The SMILES string of the molecule is CN1CCC(Cc2ccc(NC(=O)c3ccc(Cl)c(C#Cc4cccnc4N)c3)cc2C(F)(F)F)CC1. The van der Waals surface area contributed by atoms with Crippen LogP contribution in [0.4, 0.5) is 24.7 Å². The third-order valence-electron chi connectivity index (χ3n) is 6.42. The number of benzene rings is 2. The van der Waals surface area contributed by atoms with Gasteiger partial charge in [-0.25, -0.2) is 4.98 Å². The number of nitrogens with zero attached hydrogens (tertiary/aromatic N) is 2. The van der Waals surface area contributed by atoms with Crippen LogP contribution in [0.1, 0.15) is 45.5 Å². The number of pyridine rings is 1. The molecule has 0 saturated carbocycles. The van der Waals surface area contributed by atoms with Crippen molar-refractivity contribution >= 4 is 29.0 Å². The van der Waals surface area contributed by atoms with E-state index in [2.05, 4.69) is 27.0 Å². The van der Waals surface area contributed by atoms with E-state index in [9.17, 15) is 18.0 Å². The van der Waals surface area contributed by atoms with E-state index in [0.29, 0.717) is 22.6 Å². The van der Waals surface area contributed by atoms with E-state index in [1.807, 2.05) is 7.05 Å². The Labute approximate surface area is 218 Å². The first-order valence-electron chi connectivity index (χ1n) is 11.8. The van der Waals surface area contributed by atoms with Crippen LogP contribution in [0.2, 0.25) is 5.02 Å². The Balaban J connectivity index is 1.53. The van der Waals surface area contributed by atoms with Gasteiger partial charge in [-0.3, -0.25) is 4.79 Å². The van der Waals surface area contributed by atoms with Crippen molar-refractivity contribution in [2.45, 2.75) is 25.4 Å². The summed E-state index contributed by atoms with van der Waals surface area (Å²) in [7, 11) is 2.02. The van der Waals surface area contributed by atoms with Gasteiger partial charge in [-0.05, 0) is 93.3 Å². The van der Waals surface area contributed by atoms with Gasteiger partial charge in [0.15, 0.2) is 0 Å². The fourth-order valence-electron chi connectivity index (χ4n) is 4.30. The summed E-state index contributed by atoms with van der Waals surface area (Å²) in [6.07, 6.45) is -0.900. The van der Waals surface area contributed by atoms with Crippen LogP contribution in [0.15, 0.2) is 54.7 Å². The molecule has 37 heavy (non-hydrogen) atoms. The lowest BCUT2D eigenvalue weighted by molar-refractivity contribution is -0.138. The fourth-order valence-corrected chi connectivity index (χ4v) is 4.46. The summed E-state index contributed by atoms with van der Waals surface area (Å²) in [5.41, 5.74) is 6.49. The number of anilines is 2. The van der Waals surface area contributed by atoms with Gasteiger partial charge in [-0.2, -0.15) is 13.2 Å². The number of halogens is 4. The van der Waals surface area contributed by atoms with Crippen molar-refractivity contribution in [1.82, 2.24) is 9.88 Å². The first-order valence-corrected chi connectivity index (χ1v) is 12.2. The standard InChI is InChI=1S/C28H26ClF3N4O/c1-36-13-10-18(11-14-36)15-20-6-8-23(17-24(20)28(30,31)32)35-27(37)22-7-9-25(29)21(16-22)5-4-19-3-2-12-34-26(19)33/h2-3,6-9,12,16-18H,10-11,13-15H2,1H3,(H2,33,34)(H,35,37).